The van der Waals surface area contributed by atoms with Gasteiger partial charge in [-0.15, -0.1) is 0 Å². The van der Waals surface area contributed by atoms with Gasteiger partial charge in [0.15, 0.2) is 5.69 Å². The first kappa shape index (κ1) is 13.9. The van der Waals surface area contributed by atoms with E-state index in [2.05, 4.69) is 21.6 Å². The summed E-state index contributed by atoms with van der Waals surface area (Å²) >= 11 is 5.54. The molecule has 0 spiro atoms. The number of anilines is 1. The van der Waals surface area contributed by atoms with Crippen LogP contribution >= 0.6 is 11.6 Å². The van der Waals surface area contributed by atoms with E-state index in [0.29, 0.717) is 0 Å². The minimum absolute atomic E-state index is 0.0363. The van der Waals surface area contributed by atoms with Gasteiger partial charge in [-0.1, -0.05) is 18.2 Å². The van der Waals surface area contributed by atoms with Crippen molar-refractivity contribution in [2.24, 2.45) is 0 Å². The molecule has 0 fully saturated rings. The minimum Gasteiger partial charge on any atom is -0.464 e. The second-order valence-corrected chi connectivity index (χ2v) is 3.72. The van der Waals surface area contributed by atoms with E-state index in [1.807, 2.05) is 0 Å². The highest BCUT2D eigenvalue weighted by Gasteiger charge is 2.18. The van der Waals surface area contributed by atoms with Crippen LogP contribution in [0.15, 0.2) is 23.7 Å². The van der Waals surface area contributed by atoms with E-state index in [4.69, 9.17) is 11.6 Å². The Balaban J connectivity index is 3.11. The maximum absolute atomic E-state index is 11.3. The van der Waals surface area contributed by atoms with Crippen molar-refractivity contribution >= 4 is 29.1 Å². The lowest BCUT2D eigenvalue weighted by Gasteiger charge is -2.06. The van der Waals surface area contributed by atoms with Crippen LogP contribution in [0, 0.1) is 10.1 Å². The Kier molecular flexibility index (Phi) is 4.61. The molecule has 0 aliphatic carbocycles. The summed E-state index contributed by atoms with van der Waals surface area (Å²) in [6, 6.07) is 2.38. The van der Waals surface area contributed by atoms with Gasteiger partial charge in [0, 0.05) is 11.1 Å². The highest BCUT2D eigenvalue weighted by molar-refractivity contribution is 6.29. The van der Waals surface area contributed by atoms with Crippen molar-refractivity contribution < 1.29 is 14.5 Å². The van der Waals surface area contributed by atoms with Gasteiger partial charge in [-0.3, -0.25) is 10.1 Å². The molecular weight excluding hydrogens is 262 g/mol. The third-order valence-electron chi connectivity index (χ3n) is 1.91. The second-order valence-electron chi connectivity index (χ2n) is 3.18. The predicted octanol–water partition coefficient (Wildman–Crippen LogP) is 1.94. The number of nitro groups is 1. The Morgan fingerprint density at radius 2 is 2.33 bits per heavy atom. The number of ether oxygens (including phenoxy) is 1. The zero-order valence-electron chi connectivity index (χ0n) is 9.47. The van der Waals surface area contributed by atoms with Gasteiger partial charge in [-0.2, -0.15) is 0 Å². The Morgan fingerprint density at radius 3 is 2.83 bits per heavy atom. The zero-order valence-corrected chi connectivity index (χ0v) is 10.2. The van der Waals surface area contributed by atoms with Gasteiger partial charge in [0.1, 0.15) is 0 Å². The fourth-order valence-corrected chi connectivity index (χ4v) is 1.19. The number of rotatable bonds is 5. The van der Waals surface area contributed by atoms with Crippen LogP contribution in [-0.2, 0) is 4.74 Å². The summed E-state index contributed by atoms with van der Waals surface area (Å²) in [7, 11) is 1.19. The summed E-state index contributed by atoms with van der Waals surface area (Å²) in [6.07, 6.45) is 0. The molecule has 0 aliphatic rings. The van der Waals surface area contributed by atoms with Gasteiger partial charge in [-0.05, 0) is 6.07 Å². The molecule has 0 aliphatic heterocycles. The quantitative estimate of drug-likeness (QED) is 0.500. The molecular formula is C10H10ClN3O4. The van der Waals surface area contributed by atoms with Crippen molar-refractivity contribution in [3.05, 3.63) is 39.6 Å². The molecule has 0 unspecified atom stereocenters. The van der Waals surface area contributed by atoms with E-state index in [-0.39, 0.29) is 28.8 Å². The van der Waals surface area contributed by atoms with Gasteiger partial charge < -0.3 is 10.1 Å². The molecule has 1 rings (SSSR count). The van der Waals surface area contributed by atoms with Gasteiger partial charge in [0.25, 0.3) is 0 Å². The molecule has 0 amide bonds. The van der Waals surface area contributed by atoms with Gasteiger partial charge >= 0.3 is 11.7 Å². The number of pyridine rings is 1. The predicted molar refractivity (Wildman–Crippen MR) is 65.7 cm³/mol. The molecule has 1 aromatic rings. The van der Waals surface area contributed by atoms with Crippen molar-refractivity contribution in [2.75, 3.05) is 19.0 Å². The number of nitrogens with zero attached hydrogens (tertiary/aromatic N) is 2. The molecule has 0 saturated heterocycles. The van der Waals surface area contributed by atoms with Crippen molar-refractivity contribution in [2.45, 2.75) is 0 Å². The highest BCUT2D eigenvalue weighted by Crippen LogP contribution is 2.22. The number of carbonyl (C=O) groups is 1. The molecule has 1 aromatic heterocycles. The lowest BCUT2D eigenvalue weighted by molar-refractivity contribution is -0.384. The number of carbonyl (C=O) groups excluding carboxylic acids is 1. The molecule has 0 saturated carbocycles. The van der Waals surface area contributed by atoms with E-state index in [9.17, 15) is 14.9 Å². The first-order valence-electron chi connectivity index (χ1n) is 4.76. The van der Waals surface area contributed by atoms with Crippen LogP contribution in [0.25, 0.3) is 0 Å². The van der Waals surface area contributed by atoms with Crippen LogP contribution in [0.3, 0.4) is 0 Å². The second kappa shape index (κ2) is 5.97. The standard InChI is InChI=1S/C10H10ClN3O4/c1-6(11)5-12-9-8(14(16)17)4-3-7(13-9)10(15)18-2/h3-4H,1,5H2,2H3,(H,12,13). The van der Waals surface area contributed by atoms with Crippen LogP contribution in [0.5, 0.6) is 0 Å². The molecule has 96 valence electrons. The lowest BCUT2D eigenvalue weighted by atomic mass is 10.3. The van der Waals surface area contributed by atoms with Crippen LogP contribution in [0.1, 0.15) is 10.5 Å². The van der Waals surface area contributed by atoms with Gasteiger partial charge in [0.05, 0.1) is 18.6 Å². The number of aromatic nitrogens is 1. The largest absolute Gasteiger partial charge is 0.464 e. The number of halogens is 1. The fourth-order valence-electron chi connectivity index (χ4n) is 1.13. The third kappa shape index (κ3) is 3.42. The smallest absolute Gasteiger partial charge is 0.356 e. The number of esters is 1. The lowest BCUT2D eigenvalue weighted by Crippen LogP contribution is -2.10. The number of hydrogen-bond acceptors (Lipinski definition) is 6. The van der Waals surface area contributed by atoms with E-state index >= 15 is 0 Å². The van der Waals surface area contributed by atoms with Gasteiger partial charge in [0.2, 0.25) is 5.82 Å². The maximum Gasteiger partial charge on any atom is 0.356 e. The van der Waals surface area contributed by atoms with Crippen LogP contribution in [-0.4, -0.2) is 29.5 Å². The molecule has 0 atom stereocenters. The molecule has 1 heterocycles. The third-order valence-corrected chi connectivity index (χ3v) is 2.05. The Hall–Kier alpha value is -2.15. The monoisotopic (exact) mass is 271 g/mol. The first-order chi connectivity index (χ1) is 8.45. The molecule has 18 heavy (non-hydrogen) atoms. The summed E-state index contributed by atoms with van der Waals surface area (Å²) in [5, 5.41) is 13.7. The van der Waals surface area contributed by atoms with Crippen LogP contribution in [0.4, 0.5) is 11.5 Å². The Morgan fingerprint density at radius 1 is 1.67 bits per heavy atom. The number of hydrogen-bond donors (Lipinski definition) is 1. The van der Waals surface area contributed by atoms with Crippen LogP contribution in [0.2, 0.25) is 0 Å². The molecule has 0 aromatic carbocycles. The molecule has 0 bridgehead atoms. The van der Waals surface area contributed by atoms with E-state index < -0.39 is 10.9 Å². The molecule has 7 nitrogen and oxygen atoms in total. The van der Waals surface area contributed by atoms with Crippen molar-refractivity contribution in [3.8, 4) is 0 Å². The summed E-state index contributed by atoms with van der Waals surface area (Å²) in [6.45, 7) is 3.53. The maximum atomic E-state index is 11.3. The highest BCUT2D eigenvalue weighted by atomic mass is 35.5. The average Bonchev–Trinajstić information content (AvgIpc) is 2.34. The average molecular weight is 272 g/mol. The van der Waals surface area contributed by atoms with Gasteiger partial charge in [-0.25, -0.2) is 9.78 Å². The first-order valence-corrected chi connectivity index (χ1v) is 5.14. The fraction of sp³-hybridized carbons (Fsp3) is 0.200. The molecule has 1 N–H and O–H groups in total. The summed E-state index contributed by atoms with van der Waals surface area (Å²) < 4.78 is 4.47. The SMILES string of the molecule is C=C(Cl)CNc1nc(C(=O)OC)ccc1[N+](=O)[O-]. The summed E-state index contributed by atoms with van der Waals surface area (Å²) in [4.78, 5) is 25.2. The normalized spacial score (nSPS) is 9.67. The number of methoxy groups -OCH3 is 1. The molecule has 0 radical (unpaired) electrons. The van der Waals surface area contributed by atoms with E-state index in [0.717, 1.165) is 0 Å². The van der Waals surface area contributed by atoms with E-state index in [1.165, 1.54) is 19.2 Å². The van der Waals surface area contributed by atoms with Crippen molar-refractivity contribution in [1.82, 2.24) is 4.98 Å². The topological polar surface area (TPSA) is 94.4 Å². The van der Waals surface area contributed by atoms with E-state index in [1.54, 1.807) is 0 Å². The van der Waals surface area contributed by atoms with Crippen molar-refractivity contribution in [3.63, 3.8) is 0 Å². The zero-order chi connectivity index (χ0) is 13.7. The Bertz CT molecular complexity index is 504. The summed E-state index contributed by atoms with van der Waals surface area (Å²) in [5.74, 6) is -0.748. The van der Waals surface area contributed by atoms with Crippen LogP contribution < -0.4 is 5.32 Å². The number of nitrogens with one attached hydrogen (secondary N) is 1. The molecule has 8 heteroatoms. The minimum atomic E-state index is -0.683. The Labute approximate surface area is 108 Å². The summed E-state index contributed by atoms with van der Waals surface area (Å²) in [5.41, 5.74) is -0.300. The van der Waals surface area contributed by atoms with Crippen molar-refractivity contribution in [1.29, 1.82) is 0 Å².